The van der Waals surface area contributed by atoms with Crippen molar-refractivity contribution in [1.82, 2.24) is 19.9 Å². The van der Waals surface area contributed by atoms with Crippen LogP contribution in [0.1, 0.15) is 31.9 Å². The van der Waals surface area contributed by atoms with E-state index in [1.165, 1.54) is 5.56 Å². The van der Waals surface area contributed by atoms with Crippen LogP contribution in [0.25, 0.3) is 5.82 Å². The number of pyridine rings is 1. The lowest BCUT2D eigenvalue weighted by Crippen LogP contribution is -2.24. The lowest BCUT2D eigenvalue weighted by molar-refractivity contribution is -0.118. The topological polar surface area (TPSA) is 59.8 Å². The Labute approximate surface area is 164 Å². The van der Waals surface area contributed by atoms with Gasteiger partial charge in [0, 0.05) is 30.0 Å². The SMILES string of the molecule is CC(C)(C)c1ccc(SCC(=O)NCc2ccc(-n3ccnc3)nc2)cc1. The number of benzene rings is 1. The van der Waals surface area contributed by atoms with E-state index < -0.39 is 0 Å². The minimum atomic E-state index is 0.0126. The van der Waals surface area contributed by atoms with Gasteiger partial charge in [-0.25, -0.2) is 9.97 Å². The fourth-order valence-corrected chi connectivity index (χ4v) is 3.25. The van der Waals surface area contributed by atoms with E-state index in [0.29, 0.717) is 12.3 Å². The number of hydrogen-bond acceptors (Lipinski definition) is 4. The van der Waals surface area contributed by atoms with Gasteiger partial charge in [-0.15, -0.1) is 11.8 Å². The first-order valence-corrected chi connectivity index (χ1v) is 9.84. The summed E-state index contributed by atoms with van der Waals surface area (Å²) in [5.41, 5.74) is 2.40. The van der Waals surface area contributed by atoms with Crippen molar-refractivity contribution in [3.63, 3.8) is 0 Å². The van der Waals surface area contributed by atoms with Crippen molar-refractivity contribution < 1.29 is 4.79 Å². The van der Waals surface area contributed by atoms with E-state index in [2.05, 4.69) is 60.3 Å². The summed E-state index contributed by atoms with van der Waals surface area (Å²) in [6.45, 7) is 7.05. The van der Waals surface area contributed by atoms with Crippen LogP contribution in [0.15, 0.2) is 66.2 Å². The molecule has 0 atom stereocenters. The first-order chi connectivity index (χ1) is 12.9. The number of imidazole rings is 1. The van der Waals surface area contributed by atoms with Crippen LogP contribution in [0, 0.1) is 0 Å². The smallest absolute Gasteiger partial charge is 0.230 e. The average Bonchev–Trinajstić information content (AvgIpc) is 3.19. The van der Waals surface area contributed by atoms with Crippen molar-refractivity contribution in [2.24, 2.45) is 0 Å². The van der Waals surface area contributed by atoms with Gasteiger partial charge in [0.15, 0.2) is 0 Å². The summed E-state index contributed by atoms with van der Waals surface area (Å²) in [4.78, 5) is 21.6. The highest BCUT2D eigenvalue weighted by molar-refractivity contribution is 8.00. The zero-order chi connectivity index (χ0) is 19.3. The molecule has 0 unspecified atom stereocenters. The van der Waals surface area contributed by atoms with Crippen molar-refractivity contribution in [3.8, 4) is 5.82 Å². The van der Waals surface area contributed by atoms with Crippen molar-refractivity contribution in [3.05, 3.63) is 72.4 Å². The predicted octanol–water partition coefficient (Wildman–Crippen LogP) is 3.97. The van der Waals surface area contributed by atoms with Crippen LogP contribution >= 0.6 is 11.8 Å². The second-order valence-electron chi connectivity index (χ2n) is 7.33. The summed E-state index contributed by atoms with van der Waals surface area (Å²) in [5.74, 6) is 1.21. The molecule has 0 fully saturated rings. The minimum absolute atomic E-state index is 0.0126. The van der Waals surface area contributed by atoms with Crippen LogP contribution < -0.4 is 5.32 Å². The predicted molar refractivity (Wildman–Crippen MR) is 109 cm³/mol. The molecular formula is C21H24N4OS. The summed E-state index contributed by atoms with van der Waals surface area (Å²) in [6, 6.07) is 12.3. The molecule has 2 aromatic heterocycles. The summed E-state index contributed by atoms with van der Waals surface area (Å²) in [7, 11) is 0. The van der Waals surface area contributed by atoms with E-state index in [-0.39, 0.29) is 11.3 Å². The van der Waals surface area contributed by atoms with Crippen molar-refractivity contribution >= 4 is 17.7 Å². The number of thioether (sulfide) groups is 1. The Morgan fingerprint density at radius 3 is 2.52 bits per heavy atom. The number of amides is 1. The van der Waals surface area contributed by atoms with E-state index in [1.54, 1.807) is 30.5 Å². The molecule has 0 radical (unpaired) electrons. The monoisotopic (exact) mass is 380 g/mol. The third-order valence-electron chi connectivity index (χ3n) is 4.16. The molecular weight excluding hydrogens is 356 g/mol. The molecule has 3 rings (SSSR count). The van der Waals surface area contributed by atoms with Gasteiger partial charge in [0.25, 0.3) is 0 Å². The Hall–Kier alpha value is -2.60. The number of carbonyl (C=O) groups is 1. The highest BCUT2D eigenvalue weighted by Gasteiger charge is 2.13. The van der Waals surface area contributed by atoms with Crippen molar-refractivity contribution in [2.75, 3.05) is 5.75 Å². The van der Waals surface area contributed by atoms with Gasteiger partial charge in [-0.3, -0.25) is 9.36 Å². The molecule has 3 aromatic rings. The number of nitrogens with zero attached hydrogens (tertiary/aromatic N) is 3. The largest absolute Gasteiger partial charge is 0.351 e. The van der Waals surface area contributed by atoms with Crippen molar-refractivity contribution in [2.45, 2.75) is 37.6 Å². The highest BCUT2D eigenvalue weighted by Crippen LogP contribution is 2.25. The van der Waals surface area contributed by atoms with Crippen LogP contribution in [0.4, 0.5) is 0 Å². The summed E-state index contributed by atoms with van der Waals surface area (Å²) in [5, 5.41) is 2.94. The Kier molecular flexibility index (Phi) is 5.96. The Morgan fingerprint density at radius 2 is 1.93 bits per heavy atom. The summed E-state index contributed by atoms with van der Waals surface area (Å²) >= 11 is 1.55. The fraction of sp³-hybridized carbons (Fsp3) is 0.286. The zero-order valence-corrected chi connectivity index (χ0v) is 16.7. The number of carbonyl (C=O) groups excluding carboxylic acids is 1. The normalized spacial score (nSPS) is 11.4. The highest BCUT2D eigenvalue weighted by atomic mass is 32.2. The van der Waals surface area contributed by atoms with Gasteiger partial charge in [-0.1, -0.05) is 39.0 Å². The Bertz CT molecular complexity index is 866. The molecule has 0 bridgehead atoms. The van der Waals surface area contributed by atoms with Crippen LogP contribution in [-0.2, 0) is 16.8 Å². The average molecular weight is 381 g/mol. The van der Waals surface area contributed by atoms with Crippen LogP contribution in [-0.4, -0.2) is 26.2 Å². The molecule has 0 spiro atoms. The van der Waals surface area contributed by atoms with E-state index in [4.69, 9.17) is 0 Å². The molecule has 0 aliphatic heterocycles. The number of nitrogens with one attached hydrogen (secondary N) is 1. The molecule has 140 valence electrons. The molecule has 1 N–H and O–H groups in total. The summed E-state index contributed by atoms with van der Waals surface area (Å²) < 4.78 is 1.84. The van der Waals surface area contributed by atoms with Gasteiger partial charge in [0.05, 0.1) is 5.75 Å². The van der Waals surface area contributed by atoms with Gasteiger partial charge in [-0.2, -0.15) is 0 Å². The lowest BCUT2D eigenvalue weighted by Gasteiger charge is -2.19. The lowest BCUT2D eigenvalue weighted by atomic mass is 9.87. The fourth-order valence-electron chi connectivity index (χ4n) is 2.52. The quantitative estimate of drug-likeness (QED) is 0.657. The molecule has 1 aromatic carbocycles. The van der Waals surface area contributed by atoms with Gasteiger partial charge in [0.1, 0.15) is 12.1 Å². The molecule has 27 heavy (non-hydrogen) atoms. The molecule has 2 heterocycles. The standard InChI is InChI=1S/C21H24N4OS/c1-21(2,3)17-5-7-18(8-6-17)27-14-20(26)24-13-16-4-9-19(23-12-16)25-11-10-22-15-25/h4-12,15H,13-14H2,1-3H3,(H,24,26). The third-order valence-corrected chi connectivity index (χ3v) is 5.17. The number of aromatic nitrogens is 3. The molecule has 0 saturated heterocycles. The minimum Gasteiger partial charge on any atom is -0.351 e. The number of rotatable bonds is 6. The number of hydrogen-bond donors (Lipinski definition) is 1. The van der Waals surface area contributed by atoms with Gasteiger partial charge in [0.2, 0.25) is 5.91 Å². The first-order valence-electron chi connectivity index (χ1n) is 8.85. The van der Waals surface area contributed by atoms with Gasteiger partial charge >= 0.3 is 0 Å². The van der Waals surface area contributed by atoms with E-state index in [9.17, 15) is 4.79 Å². The van der Waals surface area contributed by atoms with E-state index >= 15 is 0 Å². The maximum Gasteiger partial charge on any atom is 0.230 e. The third kappa shape index (κ3) is 5.44. The molecule has 5 nitrogen and oxygen atoms in total. The van der Waals surface area contributed by atoms with Crippen LogP contribution in [0.3, 0.4) is 0 Å². The summed E-state index contributed by atoms with van der Waals surface area (Å²) in [6.07, 6.45) is 7.03. The van der Waals surface area contributed by atoms with E-state index in [0.717, 1.165) is 16.3 Å². The maximum absolute atomic E-state index is 12.1. The van der Waals surface area contributed by atoms with Gasteiger partial charge in [-0.05, 0) is 34.7 Å². The first kappa shape index (κ1) is 19.2. The molecule has 1 amide bonds. The molecule has 0 aliphatic rings. The van der Waals surface area contributed by atoms with Crippen LogP contribution in [0.2, 0.25) is 0 Å². The zero-order valence-electron chi connectivity index (χ0n) is 15.8. The maximum atomic E-state index is 12.1. The molecule has 0 saturated carbocycles. The molecule has 0 aliphatic carbocycles. The Morgan fingerprint density at radius 1 is 1.15 bits per heavy atom. The molecule has 6 heteroatoms. The Balaban J connectivity index is 1.46. The van der Waals surface area contributed by atoms with Gasteiger partial charge < -0.3 is 5.32 Å². The second kappa shape index (κ2) is 8.39. The second-order valence-corrected chi connectivity index (χ2v) is 8.38. The van der Waals surface area contributed by atoms with Crippen LogP contribution in [0.5, 0.6) is 0 Å². The van der Waals surface area contributed by atoms with E-state index in [1.807, 2.05) is 22.9 Å². The van der Waals surface area contributed by atoms with Crippen molar-refractivity contribution in [1.29, 1.82) is 0 Å².